The van der Waals surface area contributed by atoms with E-state index < -0.39 is 0 Å². The maximum absolute atomic E-state index is 12.3. The zero-order valence-electron chi connectivity index (χ0n) is 15.6. The number of pyridine rings is 1. The number of aromatic nitrogens is 5. The minimum Gasteiger partial charge on any atom is -0.293 e. The van der Waals surface area contributed by atoms with Crippen LogP contribution in [0.15, 0.2) is 79.1 Å². The molecule has 1 amide bonds. The summed E-state index contributed by atoms with van der Waals surface area (Å²) in [5, 5.41) is 7.30. The number of rotatable bonds is 5. The molecule has 1 N–H and O–H groups in total. The van der Waals surface area contributed by atoms with Gasteiger partial charge in [0.15, 0.2) is 5.65 Å². The Labute approximate surface area is 166 Å². The van der Waals surface area contributed by atoms with Crippen molar-refractivity contribution in [1.29, 1.82) is 0 Å². The molecule has 3 aromatic heterocycles. The lowest BCUT2D eigenvalue weighted by Crippen LogP contribution is -2.13. The third-order valence-electron chi connectivity index (χ3n) is 4.77. The van der Waals surface area contributed by atoms with E-state index in [2.05, 4.69) is 20.4 Å². The largest absolute Gasteiger partial charge is 0.293 e. The number of anilines is 1. The Kier molecular flexibility index (Phi) is 4.25. The molecule has 29 heavy (non-hydrogen) atoms. The molecule has 0 fully saturated rings. The molecular weight excluding hydrogens is 364 g/mol. The van der Waals surface area contributed by atoms with Gasteiger partial charge in [0.1, 0.15) is 12.1 Å². The molecule has 5 rings (SSSR count). The predicted molar refractivity (Wildman–Crippen MR) is 111 cm³/mol. The Balaban J connectivity index is 1.41. The number of nitrogens with one attached hydrogen (secondary N) is 1. The fraction of sp³-hybridized carbons (Fsp3) is 0.0909. The van der Waals surface area contributed by atoms with Gasteiger partial charge in [-0.3, -0.25) is 14.7 Å². The van der Waals surface area contributed by atoms with Crippen LogP contribution in [0, 0.1) is 0 Å². The first kappa shape index (κ1) is 17.1. The number of amides is 1. The summed E-state index contributed by atoms with van der Waals surface area (Å²) in [6.07, 6.45) is 2.81. The number of nitrogens with zero attached hydrogens (tertiary/aromatic N) is 5. The maximum atomic E-state index is 12.3. The van der Waals surface area contributed by atoms with E-state index in [0.717, 1.165) is 22.4 Å². The normalized spacial score (nSPS) is 11.2. The van der Waals surface area contributed by atoms with Crippen molar-refractivity contribution in [2.45, 2.75) is 12.8 Å². The van der Waals surface area contributed by atoms with Crippen LogP contribution in [-0.4, -0.2) is 30.1 Å². The van der Waals surface area contributed by atoms with Crippen LogP contribution in [0.2, 0.25) is 0 Å². The average Bonchev–Trinajstić information content (AvgIpc) is 3.36. The van der Waals surface area contributed by atoms with Crippen molar-refractivity contribution in [2.24, 2.45) is 0 Å². The molecule has 2 aromatic carbocycles. The van der Waals surface area contributed by atoms with E-state index in [-0.39, 0.29) is 5.91 Å². The number of fused-ring (bicyclic) bond motifs is 2. The molecule has 0 saturated heterocycles. The number of benzene rings is 2. The number of aryl methyl sites for hydroxylation is 1. The van der Waals surface area contributed by atoms with Gasteiger partial charge in [-0.05, 0) is 36.2 Å². The van der Waals surface area contributed by atoms with Crippen LogP contribution in [0.3, 0.4) is 0 Å². The molecule has 0 saturated carbocycles. The van der Waals surface area contributed by atoms with Gasteiger partial charge in [0.05, 0.1) is 11.0 Å². The van der Waals surface area contributed by atoms with Crippen LogP contribution in [0.4, 0.5) is 5.95 Å². The second kappa shape index (κ2) is 7.20. The molecule has 7 heteroatoms. The van der Waals surface area contributed by atoms with Crippen LogP contribution in [0.25, 0.3) is 22.5 Å². The van der Waals surface area contributed by atoms with E-state index in [4.69, 9.17) is 0 Å². The van der Waals surface area contributed by atoms with Gasteiger partial charge in [-0.15, -0.1) is 5.10 Å². The van der Waals surface area contributed by atoms with Crippen molar-refractivity contribution in [3.63, 3.8) is 0 Å². The molecule has 7 nitrogen and oxygen atoms in total. The van der Waals surface area contributed by atoms with E-state index in [1.165, 1.54) is 0 Å². The molecule has 0 unspecified atom stereocenters. The van der Waals surface area contributed by atoms with Gasteiger partial charge < -0.3 is 0 Å². The minimum atomic E-state index is -0.112. The van der Waals surface area contributed by atoms with E-state index in [9.17, 15) is 4.79 Å². The van der Waals surface area contributed by atoms with Crippen molar-refractivity contribution in [2.75, 3.05) is 5.32 Å². The predicted octanol–water partition coefficient (Wildman–Crippen LogP) is 3.64. The zero-order chi connectivity index (χ0) is 19.6. The van der Waals surface area contributed by atoms with Crippen molar-refractivity contribution in [3.05, 3.63) is 84.7 Å². The Morgan fingerprint density at radius 1 is 0.931 bits per heavy atom. The summed E-state index contributed by atoms with van der Waals surface area (Å²) in [6, 6.07) is 23.5. The molecule has 142 valence electrons. The SMILES string of the molecule is O=C(CCc1ccccc1)Nc1nc2cccc(-n3cnc4ccccc43)n2n1. The highest BCUT2D eigenvalue weighted by Gasteiger charge is 2.13. The first-order valence-electron chi connectivity index (χ1n) is 9.40. The number of hydrogen-bond donors (Lipinski definition) is 1. The summed E-state index contributed by atoms with van der Waals surface area (Å²) < 4.78 is 3.67. The van der Waals surface area contributed by atoms with Gasteiger partial charge >= 0.3 is 0 Å². The molecule has 0 aliphatic carbocycles. The van der Waals surface area contributed by atoms with Gasteiger partial charge in [-0.25, -0.2) is 4.98 Å². The Hall–Kier alpha value is -4.00. The number of carbonyl (C=O) groups is 1. The van der Waals surface area contributed by atoms with Crippen molar-refractivity contribution in [3.8, 4) is 5.82 Å². The topological polar surface area (TPSA) is 77.1 Å². The second-order valence-electron chi connectivity index (χ2n) is 6.73. The molecule has 0 atom stereocenters. The van der Waals surface area contributed by atoms with Crippen LogP contribution in [0.1, 0.15) is 12.0 Å². The van der Waals surface area contributed by atoms with Gasteiger partial charge in [0, 0.05) is 6.42 Å². The summed E-state index contributed by atoms with van der Waals surface area (Å²) in [5.74, 6) is 0.979. The summed E-state index contributed by atoms with van der Waals surface area (Å²) in [4.78, 5) is 21.2. The lowest BCUT2D eigenvalue weighted by molar-refractivity contribution is -0.116. The van der Waals surface area contributed by atoms with Gasteiger partial charge in [-0.2, -0.15) is 9.50 Å². The van der Waals surface area contributed by atoms with Gasteiger partial charge in [0.25, 0.3) is 0 Å². The summed E-state index contributed by atoms with van der Waals surface area (Å²) in [6.45, 7) is 0. The average molecular weight is 382 g/mol. The fourth-order valence-corrected chi connectivity index (χ4v) is 3.36. The highest BCUT2D eigenvalue weighted by atomic mass is 16.1. The summed E-state index contributed by atoms with van der Waals surface area (Å²) in [7, 11) is 0. The van der Waals surface area contributed by atoms with E-state index in [1.54, 1.807) is 10.8 Å². The zero-order valence-corrected chi connectivity index (χ0v) is 15.6. The molecule has 3 heterocycles. The summed E-state index contributed by atoms with van der Waals surface area (Å²) >= 11 is 0. The van der Waals surface area contributed by atoms with Crippen LogP contribution < -0.4 is 5.32 Å². The first-order valence-corrected chi connectivity index (χ1v) is 9.40. The number of imidazole rings is 1. The van der Waals surface area contributed by atoms with E-state index >= 15 is 0 Å². The van der Waals surface area contributed by atoms with E-state index in [1.807, 2.05) is 77.4 Å². The molecule has 0 spiro atoms. The third kappa shape index (κ3) is 3.34. The molecule has 0 aliphatic heterocycles. The smallest absolute Gasteiger partial charge is 0.249 e. The molecular formula is C22H18N6O. The van der Waals surface area contributed by atoms with Gasteiger partial charge in [0.2, 0.25) is 11.9 Å². The Morgan fingerprint density at radius 3 is 2.66 bits per heavy atom. The van der Waals surface area contributed by atoms with Crippen molar-refractivity contribution >= 4 is 28.5 Å². The quantitative estimate of drug-likeness (QED) is 0.503. The van der Waals surface area contributed by atoms with Crippen molar-refractivity contribution < 1.29 is 4.79 Å². The number of carbonyl (C=O) groups excluding carboxylic acids is 1. The molecule has 0 radical (unpaired) electrons. The Bertz CT molecular complexity index is 1300. The molecule has 5 aromatic rings. The fourth-order valence-electron chi connectivity index (χ4n) is 3.36. The highest BCUT2D eigenvalue weighted by molar-refractivity contribution is 5.89. The first-order chi connectivity index (χ1) is 14.3. The lowest BCUT2D eigenvalue weighted by Gasteiger charge is -2.05. The van der Waals surface area contributed by atoms with Crippen LogP contribution in [-0.2, 0) is 11.2 Å². The monoisotopic (exact) mass is 382 g/mol. The number of hydrogen-bond acceptors (Lipinski definition) is 4. The number of para-hydroxylation sites is 2. The molecule has 0 bridgehead atoms. The second-order valence-corrected chi connectivity index (χ2v) is 6.73. The van der Waals surface area contributed by atoms with Crippen LogP contribution >= 0.6 is 0 Å². The minimum absolute atomic E-state index is 0.112. The lowest BCUT2D eigenvalue weighted by atomic mass is 10.1. The standard InChI is InChI=1S/C22H18N6O/c29-20(14-13-16-7-2-1-3-8-16)25-22-24-19-11-6-12-21(28(19)26-22)27-15-23-17-9-4-5-10-18(17)27/h1-12,15H,13-14H2,(H,25,26,29). The van der Waals surface area contributed by atoms with E-state index in [0.29, 0.717) is 24.4 Å². The summed E-state index contributed by atoms with van der Waals surface area (Å²) in [5.41, 5.74) is 3.65. The molecule has 0 aliphatic rings. The maximum Gasteiger partial charge on any atom is 0.249 e. The highest BCUT2D eigenvalue weighted by Crippen LogP contribution is 2.19. The Morgan fingerprint density at radius 2 is 1.76 bits per heavy atom. The van der Waals surface area contributed by atoms with Crippen molar-refractivity contribution in [1.82, 2.24) is 24.1 Å². The van der Waals surface area contributed by atoms with Crippen LogP contribution in [0.5, 0.6) is 0 Å². The third-order valence-corrected chi connectivity index (χ3v) is 4.77. The van der Waals surface area contributed by atoms with Gasteiger partial charge in [-0.1, -0.05) is 48.5 Å².